The summed E-state index contributed by atoms with van der Waals surface area (Å²) in [7, 11) is 2.06. The van der Waals surface area contributed by atoms with Crippen LogP contribution in [-0.4, -0.2) is 54.2 Å². The summed E-state index contributed by atoms with van der Waals surface area (Å²) in [4.78, 5) is 15.0. The molecule has 1 fully saturated rings. The van der Waals surface area contributed by atoms with Crippen LogP contribution in [0, 0.1) is 5.41 Å². The second-order valence-corrected chi connectivity index (χ2v) is 7.58. The van der Waals surface area contributed by atoms with Crippen molar-refractivity contribution >= 4 is 5.96 Å². The molecular formula is C22H33N5O. The third-order valence-corrected chi connectivity index (χ3v) is 5.30. The SMILES string of the molecule is CCNC(=NCC1(CCOCC)CC1)N(C)Cc1ncc(-c2ccccc2)[nH]1. The summed E-state index contributed by atoms with van der Waals surface area (Å²) in [6, 6.07) is 10.3. The number of guanidine groups is 1. The van der Waals surface area contributed by atoms with Crippen molar-refractivity contribution < 1.29 is 4.74 Å². The van der Waals surface area contributed by atoms with Gasteiger partial charge in [0.05, 0.1) is 18.4 Å². The fraction of sp³-hybridized carbons (Fsp3) is 0.545. The molecule has 1 saturated carbocycles. The highest BCUT2D eigenvalue weighted by atomic mass is 16.5. The predicted octanol–water partition coefficient (Wildman–Crippen LogP) is 3.68. The van der Waals surface area contributed by atoms with Crippen LogP contribution in [0.15, 0.2) is 41.5 Å². The van der Waals surface area contributed by atoms with Crippen molar-refractivity contribution in [1.29, 1.82) is 0 Å². The van der Waals surface area contributed by atoms with E-state index < -0.39 is 0 Å². The van der Waals surface area contributed by atoms with Gasteiger partial charge in [-0.2, -0.15) is 0 Å². The Kier molecular flexibility index (Phi) is 7.09. The normalized spacial score (nSPS) is 15.5. The van der Waals surface area contributed by atoms with Gasteiger partial charge in [0.2, 0.25) is 0 Å². The average molecular weight is 384 g/mol. The molecule has 152 valence electrons. The molecule has 0 saturated heterocycles. The smallest absolute Gasteiger partial charge is 0.194 e. The van der Waals surface area contributed by atoms with E-state index in [1.807, 2.05) is 31.3 Å². The number of H-pyrrole nitrogens is 1. The van der Waals surface area contributed by atoms with Crippen molar-refractivity contribution in [3.63, 3.8) is 0 Å². The van der Waals surface area contributed by atoms with Crippen LogP contribution in [0.3, 0.4) is 0 Å². The summed E-state index contributed by atoms with van der Waals surface area (Å²) in [5.41, 5.74) is 2.54. The highest BCUT2D eigenvalue weighted by Crippen LogP contribution is 2.49. The van der Waals surface area contributed by atoms with Crippen LogP contribution in [0.2, 0.25) is 0 Å². The molecule has 3 rings (SSSR count). The van der Waals surface area contributed by atoms with E-state index in [1.165, 1.54) is 12.8 Å². The molecule has 0 unspecified atom stereocenters. The van der Waals surface area contributed by atoms with Gasteiger partial charge >= 0.3 is 0 Å². The molecule has 0 radical (unpaired) electrons. The molecule has 1 aliphatic rings. The second-order valence-electron chi connectivity index (χ2n) is 7.58. The molecule has 0 bridgehead atoms. The lowest BCUT2D eigenvalue weighted by Crippen LogP contribution is -2.39. The Bertz CT molecular complexity index is 751. The Labute approximate surface area is 168 Å². The molecule has 1 aliphatic carbocycles. The number of hydrogen-bond donors (Lipinski definition) is 2. The lowest BCUT2D eigenvalue weighted by atomic mass is 10.0. The maximum atomic E-state index is 5.54. The lowest BCUT2D eigenvalue weighted by molar-refractivity contribution is 0.129. The fourth-order valence-corrected chi connectivity index (χ4v) is 3.32. The van der Waals surface area contributed by atoms with Crippen LogP contribution in [0.1, 0.15) is 38.9 Å². The van der Waals surface area contributed by atoms with Gasteiger partial charge in [0, 0.05) is 33.4 Å². The Morgan fingerprint density at radius 2 is 2.07 bits per heavy atom. The van der Waals surface area contributed by atoms with Gasteiger partial charge in [-0.25, -0.2) is 4.98 Å². The maximum absolute atomic E-state index is 5.54. The van der Waals surface area contributed by atoms with E-state index in [4.69, 9.17) is 9.73 Å². The number of benzene rings is 1. The van der Waals surface area contributed by atoms with E-state index in [0.29, 0.717) is 12.0 Å². The van der Waals surface area contributed by atoms with Crippen molar-refractivity contribution in [2.24, 2.45) is 10.4 Å². The minimum atomic E-state index is 0.349. The topological polar surface area (TPSA) is 65.5 Å². The first kappa shape index (κ1) is 20.4. The standard InChI is InChI=1S/C22H33N5O/c1-4-23-21(25-17-22(11-12-22)13-14-28-5-2)27(3)16-20-24-15-19(26-20)18-9-7-6-8-10-18/h6-10,15H,4-5,11-14,16-17H2,1-3H3,(H,23,25)(H,24,26). The molecule has 2 aromatic rings. The summed E-state index contributed by atoms with van der Waals surface area (Å²) >= 11 is 0. The molecule has 1 aromatic carbocycles. The van der Waals surface area contributed by atoms with Crippen molar-refractivity contribution in [2.45, 2.75) is 39.7 Å². The largest absolute Gasteiger partial charge is 0.382 e. The first-order valence-corrected chi connectivity index (χ1v) is 10.3. The number of aromatic nitrogens is 2. The Balaban J connectivity index is 1.60. The summed E-state index contributed by atoms with van der Waals surface area (Å²) in [6.45, 7) is 8.18. The molecule has 6 nitrogen and oxygen atoms in total. The zero-order chi connectivity index (χ0) is 19.8. The molecule has 0 amide bonds. The Morgan fingerprint density at radius 1 is 1.29 bits per heavy atom. The number of nitrogens with zero attached hydrogens (tertiary/aromatic N) is 3. The molecule has 6 heteroatoms. The Hall–Kier alpha value is -2.34. The third kappa shape index (κ3) is 5.58. The summed E-state index contributed by atoms with van der Waals surface area (Å²) in [5, 5.41) is 3.41. The van der Waals surface area contributed by atoms with Gasteiger partial charge in [-0.15, -0.1) is 0 Å². The van der Waals surface area contributed by atoms with Crippen LogP contribution in [-0.2, 0) is 11.3 Å². The van der Waals surface area contributed by atoms with Gasteiger partial charge in [0.15, 0.2) is 5.96 Å². The molecule has 1 heterocycles. The molecule has 0 atom stereocenters. The molecular weight excluding hydrogens is 350 g/mol. The minimum Gasteiger partial charge on any atom is -0.382 e. The number of ether oxygens (including phenoxy) is 1. The zero-order valence-corrected chi connectivity index (χ0v) is 17.4. The van der Waals surface area contributed by atoms with Crippen molar-refractivity contribution in [1.82, 2.24) is 20.2 Å². The lowest BCUT2D eigenvalue weighted by Gasteiger charge is -2.22. The molecule has 28 heavy (non-hydrogen) atoms. The van der Waals surface area contributed by atoms with Gasteiger partial charge < -0.3 is 19.9 Å². The number of nitrogens with one attached hydrogen (secondary N) is 2. The number of hydrogen-bond acceptors (Lipinski definition) is 3. The van der Waals surface area contributed by atoms with Crippen LogP contribution >= 0.6 is 0 Å². The number of imidazole rings is 1. The number of aliphatic imine (C=N–C) groups is 1. The summed E-state index contributed by atoms with van der Waals surface area (Å²) in [5.74, 6) is 1.87. The van der Waals surface area contributed by atoms with E-state index in [0.717, 1.165) is 55.8 Å². The quantitative estimate of drug-likeness (QED) is 0.373. The van der Waals surface area contributed by atoms with E-state index in [9.17, 15) is 0 Å². The van der Waals surface area contributed by atoms with E-state index in [1.54, 1.807) is 0 Å². The maximum Gasteiger partial charge on any atom is 0.194 e. The summed E-state index contributed by atoms with van der Waals surface area (Å²) in [6.07, 6.45) is 5.51. The third-order valence-electron chi connectivity index (χ3n) is 5.30. The van der Waals surface area contributed by atoms with Gasteiger partial charge in [0.25, 0.3) is 0 Å². The van der Waals surface area contributed by atoms with Crippen LogP contribution < -0.4 is 5.32 Å². The average Bonchev–Trinajstić information content (AvgIpc) is 3.33. The highest BCUT2D eigenvalue weighted by Gasteiger charge is 2.42. The van der Waals surface area contributed by atoms with E-state index in [-0.39, 0.29) is 0 Å². The van der Waals surface area contributed by atoms with Gasteiger partial charge in [0.1, 0.15) is 5.82 Å². The van der Waals surface area contributed by atoms with Gasteiger partial charge in [-0.05, 0) is 44.1 Å². The first-order chi connectivity index (χ1) is 13.7. The minimum absolute atomic E-state index is 0.349. The molecule has 2 N–H and O–H groups in total. The van der Waals surface area contributed by atoms with E-state index in [2.05, 4.69) is 46.3 Å². The monoisotopic (exact) mass is 383 g/mol. The highest BCUT2D eigenvalue weighted by molar-refractivity contribution is 5.79. The van der Waals surface area contributed by atoms with Gasteiger partial charge in [-0.1, -0.05) is 30.3 Å². The molecule has 1 aromatic heterocycles. The fourth-order valence-electron chi connectivity index (χ4n) is 3.32. The van der Waals surface area contributed by atoms with Crippen molar-refractivity contribution in [3.05, 3.63) is 42.4 Å². The van der Waals surface area contributed by atoms with Gasteiger partial charge in [-0.3, -0.25) is 4.99 Å². The van der Waals surface area contributed by atoms with Crippen LogP contribution in [0.4, 0.5) is 0 Å². The molecule has 0 spiro atoms. The molecule has 0 aliphatic heterocycles. The Morgan fingerprint density at radius 3 is 2.75 bits per heavy atom. The first-order valence-electron chi connectivity index (χ1n) is 10.3. The number of aromatic amines is 1. The van der Waals surface area contributed by atoms with Crippen LogP contribution in [0.25, 0.3) is 11.3 Å². The van der Waals surface area contributed by atoms with Crippen LogP contribution in [0.5, 0.6) is 0 Å². The van der Waals surface area contributed by atoms with Crippen molar-refractivity contribution in [3.8, 4) is 11.3 Å². The van der Waals surface area contributed by atoms with Crippen molar-refractivity contribution in [2.75, 3.05) is 33.4 Å². The summed E-state index contributed by atoms with van der Waals surface area (Å²) < 4.78 is 5.54. The zero-order valence-electron chi connectivity index (χ0n) is 17.4. The van der Waals surface area contributed by atoms with E-state index >= 15 is 0 Å². The number of rotatable bonds is 10. The second kappa shape index (κ2) is 9.73. The predicted molar refractivity (Wildman–Crippen MR) is 114 cm³/mol.